The Morgan fingerprint density at radius 2 is 1.91 bits per heavy atom. The van der Waals surface area contributed by atoms with E-state index < -0.39 is 0 Å². The maximum Gasteiger partial charge on any atom is 0.0341 e. The summed E-state index contributed by atoms with van der Waals surface area (Å²) in [6, 6.07) is 7.69. The summed E-state index contributed by atoms with van der Waals surface area (Å²) in [4.78, 5) is 0. The van der Waals surface area contributed by atoms with Gasteiger partial charge in [0.05, 0.1) is 0 Å². The monoisotopic (exact) mass is 149 g/mol. The molecule has 0 amide bonds. The number of rotatable bonds is 3. The highest BCUT2D eigenvalue weighted by molar-refractivity contribution is 5.50. The fourth-order valence-corrected chi connectivity index (χ4v) is 0.834. The molecule has 1 rings (SSSR count). The van der Waals surface area contributed by atoms with Crippen LogP contribution in [-0.4, -0.2) is 6.54 Å². The molecule has 0 unspecified atom stereocenters. The van der Waals surface area contributed by atoms with E-state index >= 15 is 0 Å². The summed E-state index contributed by atoms with van der Waals surface area (Å²) in [5.74, 6) is 0. The van der Waals surface area contributed by atoms with Gasteiger partial charge in [-0.05, 0) is 30.7 Å². The van der Waals surface area contributed by atoms with E-state index in [1.807, 2.05) is 24.3 Å². The SMILES string of the molecule is [CH2]CCNc1ccc(N)cc1. The number of anilines is 2. The Morgan fingerprint density at radius 1 is 1.27 bits per heavy atom. The second-order valence-corrected chi connectivity index (χ2v) is 2.40. The van der Waals surface area contributed by atoms with Crippen LogP contribution in [-0.2, 0) is 0 Å². The van der Waals surface area contributed by atoms with E-state index in [0.29, 0.717) is 0 Å². The lowest BCUT2D eigenvalue weighted by atomic mass is 10.3. The third-order valence-corrected chi connectivity index (χ3v) is 1.42. The molecule has 11 heavy (non-hydrogen) atoms. The van der Waals surface area contributed by atoms with Gasteiger partial charge < -0.3 is 11.1 Å². The summed E-state index contributed by atoms with van der Waals surface area (Å²) in [6.07, 6.45) is 0.893. The van der Waals surface area contributed by atoms with Gasteiger partial charge in [-0.15, -0.1) is 0 Å². The minimum atomic E-state index is 0.796. The summed E-state index contributed by atoms with van der Waals surface area (Å²) < 4.78 is 0. The Balaban J connectivity index is 2.52. The Morgan fingerprint density at radius 3 is 2.45 bits per heavy atom. The van der Waals surface area contributed by atoms with E-state index in [4.69, 9.17) is 5.73 Å². The molecule has 0 aromatic heterocycles. The summed E-state index contributed by atoms with van der Waals surface area (Å²) in [7, 11) is 0. The number of hydrogen-bond acceptors (Lipinski definition) is 2. The molecule has 1 radical (unpaired) electrons. The van der Waals surface area contributed by atoms with Crippen LogP contribution in [0.25, 0.3) is 0 Å². The number of nitrogens with two attached hydrogens (primary N) is 1. The van der Waals surface area contributed by atoms with Crippen molar-refractivity contribution in [3.8, 4) is 0 Å². The molecule has 0 atom stereocenters. The first-order valence-electron chi connectivity index (χ1n) is 3.71. The molecular weight excluding hydrogens is 136 g/mol. The summed E-state index contributed by atoms with van der Waals surface area (Å²) in [5.41, 5.74) is 7.41. The van der Waals surface area contributed by atoms with Gasteiger partial charge in [-0.2, -0.15) is 0 Å². The molecule has 2 heteroatoms. The normalized spacial score (nSPS) is 9.55. The Hall–Kier alpha value is -1.18. The molecule has 0 aliphatic heterocycles. The molecular formula is C9H13N2. The van der Waals surface area contributed by atoms with Gasteiger partial charge in [0.15, 0.2) is 0 Å². The van der Waals surface area contributed by atoms with Crippen molar-refractivity contribution >= 4 is 11.4 Å². The molecule has 2 nitrogen and oxygen atoms in total. The van der Waals surface area contributed by atoms with E-state index in [1.165, 1.54) is 0 Å². The molecule has 0 spiro atoms. The third kappa shape index (κ3) is 2.50. The molecule has 0 aliphatic carbocycles. The van der Waals surface area contributed by atoms with Gasteiger partial charge in [-0.3, -0.25) is 0 Å². The number of nitrogen functional groups attached to an aromatic ring is 1. The zero-order valence-corrected chi connectivity index (χ0v) is 6.51. The Kier molecular flexibility index (Phi) is 2.78. The average molecular weight is 149 g/mol. The Labute approximate surface area is 67.4 Å². The minimum Gasteiger partial charge on any atom is -0.399 e. The van der Waals surface area contributed by atoms with Crippen LogP contribution in [0.1, 0.15) is 6.42 Å². The lowest BCUT2D eigenvalue weighted by Gasteiger charge is -2.03. The molecule has 0 fully saturated rings. The van der Waals surface area contributed by atoms with E-state index in [1.54, 1.807) is 0 Å². The van der Waals surface area contributed by atoms with Crippen LogP contribution < -0.4 is 11.1 Å². The molecule has 0 heterocycles. The van der Waals surface area contributed by atoms with Crippen LogP contribution >= 0.6 is 0 Å². The van der Waals surface area contributed by atoms with Gasteiger partial charge in [0.2, 0.25) is 0 Å². The molecule has 0 bridgehead atoms. The van der Waals surface area contributed by atoms with Crippen molar-refractivity contribution in [2.75, 3.05) is 17.6 Å². The predicted molar refractivity (Wildman–Crippen MR) is 49.3 cm³/mol. The first kappa shape index (κ1) is 7.92. The van der Waals surface area contributed by atoms with Crippen LogP contribution in [0.5, 0.6) is 0 Å². The van der Waals surface area contributed by atoms with Crippen molar-refractivity contribution in [2.45, 2.75) is 6.42 Å². The van der Waals surface area contributed by atoms with Crippen molar-refractivity contribution in [3.05, 3.63) is 31.2 Å². The summed E-state index contributed by atoms with van der Waals surface area (Å²) in [5, 5.41) is 3.20. The summed E-state index contributed by atoms with van der Waals surface area (Å²) in [6.45, 7) is 4.64. The molecule has 0 saturated carbocycles. The van der Waals surface area contributed by atoms with Crippen molar-refractivity contribution in [3.63, 3.8) is 0 Å². The third-order valence-electron chi connectivity index (χ3n) is 1.42. The van der Waals surface area contributed by atoms with Crippen LogP contribution in [0.3, 0.4) is 0 Å². The minimum absolute atomic E-state index is 0.796. The molecule has 0 saturated heterocycles. The standard InChI is InChI=1S/C9H13N2/c1-2-7-11-9-5-3-8(10)4-6-9/h3-6,11H,1-2,7,10H2. The molecule has 1 aromatic carbocycles. The van der Waals surface area contributed by atoms with Gasteiger partial charge in [0.1, 0.15) is 0 Å². The predicted octanol–water partition coefficient (Wildman–Crippen LogP) is 1.90. The largest absolute Gasteiger partial charge is 0.399 e. The van der Waals surface area contributed by atoms with Gasteiger partial charge >= 0.3 is 0 Å². The van der Waals surface area contributed by atoms with Crippen molar-refractivity contribution in [2.24, 2.45) is 0 Å². The van der Waals surface area contributed by atoms with Crippen molar-refractivity contribution in [1.82, 2.24) is 0 Å². The lowest BCUT2D eigenvalue weighted by Crippen LogP contribution is -1.99. The highest BCUT2D eigenvalue weighted by atomic mass is 14.9. The first-order chi connectivity index (χ1) is 5.33. The highest BCUT2D eigenvalue weighted by Gasteiger charge is 1.88. The van der Waals surface area contributed by atoms with Crippen LogP contribution in [0.4, 0.5) is 11.4 Å². The molecule has 1 aromatic rings. The van der Waals surface area contributed by atoms with Crippen molar-refractivity contribution < 1.29 is 0 Å². The van der Waals surface area contributed by atoms with Gasteiger partial charge in [0, 0.05) is 17.9 Å². The maximum absolute atomic E-state index is 5.52. The summed E-state index contributed by atoms with van der Waals surface area (Å²) >= 11 is 0. The lowest BCUT2D eigenvalue weighted by molar-refractivity contribution is 1.07. The molecule has 0 aliphatic rings. The fraction of sp³-hybridized carbons (Fsp3) is 0.222. The zero-order valence-electron chi connectivity index (χ0n) is 6.51. The van der Waals surface area contributed by atoms with E-state index in [2.05, 4.69) is 12.2 Å². The average Bonchev–Trinajstić information content (AvgIpc) is 2.04. The second-order valence-electron chi connectivity index (χ2n) is 2.40. The van der Waals surface area contributed by atoms with Crippen LogP contribution in [0, 0.1) is 6.92 Å². The molecule has 3 N–H and O–H groups in total. The first-order valence-corrected chi connectivity index (χ1v) is 3.71. The molecule has 59 valence electrons. The quantitative estimate of drug-likeness (QED) is 0.644. The van der Waals surface area contributed by atoms with Crippen molar-refractivity contribution in [1.29, 1.82) is 0 Å². The fourth-order valence-electron chi connectivity index (χ4n) is 0.834. The van der Waals surface area contributed by atoms with Gasteiger partial charge in [-0.1, -0.05) is 6.92 Å². The highest BCUT2D eigenvalue weighted by Crippen LogP contribution is 2.09. The number of nitrogens with one attached hydrogen (secondary N) is 1. The van der Waals surface area contributed by atoms with Gasteiger partial charge in [-0.25, -0.2) is 0 Å². The van der Waals surface area contributed by atoms with E-state index in [-0.39, 0.29) is 0 Å². The smallest absolute Gasteiger partial charge is 0.0341 e. The van der Waals surface area contributed by atoms with Crippen LogP contribution in [0.2, 0.25) is 0 Å². The number of benzene rings is 1. The van der Waals surface area contributed by atoms with E-state index in [0.717, 1.165) is 24.3 Å². The topological polar surface area (TPSA) is 38.0 Å². The zero-order chi connectivity index (χ0) is 8.10. The maximum atomic E-state index is 5.52. The van der Waals surface area contributed by atoms with E-state index in [9.17, 15) is 0 Å². The van der Waals surface area contributed by atoms with Gasteiger partial charge in [0.25, 0.3) is 0 Å². The number of hydrogen-bond donors (Lipinski definition) is 2. The Bertz CT molecular complexity index is 203. The van der Waals surface area contributed by atoms with Crippen LogP contribution in [0.15, 0.2) is 24.3 Å². The second kappa shape index (κ2) is 3.86.